The van der Waals surface area contributed by atoms with E-state index in [1.165, 1.54) is 0 Å². The van der Waals surface area contributed by atoms with Crippen LogP contribution < -0.4 is 10.6 Å². The van der Waals surface area contributed by atoms with Gasteiger partial charge in [0.05, 0.1) is 0 Å². The molecule has 5 rings (SSSR count). The monoisotopic (exact) mass is 434 g/mol. The average molecular weight is 434 g/mol. The van der Waals surface area contributed by atoms with Gasteiger partial charge in [-0.15, -0.1) is 0 Å². The number of hydrogen-bond acceptors (Lipinski definition) is 4. The largest absolute Gasteiger partial charge is 0.480 e. The number of carbonyl (C=O) groups is 3. The highest BCUT2D eigenvalue weighted by Crippen LogP contribution is 2.44. The molecule has 0 aromatic heterocycles. The van der Waals surface area contributed by atoms with Gasteiger partial charge in [-0.1, -0.05) is 55.0 Å². The quantitative estimate of drug-likeness (QED) is 0.619. The lowest BCUT2D eigenvalue weighted by molar-refractivity contribution is -0.143. The van der Waals surface area contributed by atoms with Gasteiger partial charge in [-0.25, -0.2) is 9.59 Å². The summed E-state index contributed by atoms with van der Waals surface area (Å²) in [6.45, 7) is 0.165. The van der Waals surface area contributed by atoms with Gasteiger partial charge in [-0.3, -0.25) is 4.79 Å². The molecule has 0 aliphatic heterocycles. The number of aliphatic carboxylic acids is 1. The van der Waals surface area contributed by atoms with Crippen LogP contribution in [0.5, 0.6) is 0 Å². The molecular formula is C25H26N2O5. The number of hydrogen-bond donors (Lipinski definition) is 3. The molecule has 1 unspecified atom stereocenters. The lowest BCUT2D eigenvalue weighted by Crippen LogP contribution is -2.56. The third-order valence-electron chi connectivity index (χ3n) is 7.04. The standard InChI is InChI=1S/C25H26N2O5/c28-22(27-25(12-13-25)23(29)30)21(15-6-5-7-15)26-24(31)32-14-20-18-10-3-1-8-16(18)17-9-2-4-11-19(17)20/h1-4,8-11,15,20-21H,5-7,12-14H2,(H,26,31)(H,27,28)(H,29,30). The van der Waals surface area contributed by atoms with E-state index in [4.69, 9.17) is 4.74 Å². The van der Waals surface area contributed by atoms with E-state index >= 15 is 0 Å². The van der Waals surface area contributed by atoms with Crippen molar-refractivity contribution in [1.82, 2.24) is 10.6 Å². The smallest absolute Gasteiger partial charge is 0.407 e. The van der Waals surface area contributed by atoms with Crippen LogP contribution in [0.25, 0.3) is 11.1 Å². The van der Waals surface area contributed by atoms with Crippen LogP contribution in [0.2, 0.25) is 0 Å². The van der Waals surface area contributed by atoms with Crippen LogP contribution in [0.3, 0.4) is 0 Å². The summed E-state index contributed by atoms with van der Waals surface area (Å²) in [7, 11) is 0. The summed E-state index contributed by atoms with van der Waals surface area (Å²) >= 11 is 0. The van der Waals surface area contributed by atoms with Gasteiger partial charge in [0.1, 0.15) is 18.2 Å². The second-order valence-electron chi connectivity index (χ2n) is 9.02. The molecule has 0 heterocycles. The molecule has 2 aromatic rings. The Morgan fingerprint density at radius 1 is 1.00 bits per heavy atom. The number of fused-ring (bicyclic) bond motifs is 3. The summed E-state index contributed by atoms with van der Waals surface area (Å²) in [5.41, 5.74) is 3.35. The molecule has 2 saturated carbocycles. The van der Waals surface area contributed by atoms with Crippen molar-refractivity contribution < 1.29 is 24.2 Å². The molecule has 0 bridgehead atoms. The summed E-state index contributed by atoms with van der Waals surface area (Å²) in [5, 5.41) is 14.7. The van der Waals surface area contributed by atoms with Crippen molar-refractivity contribution in [2.45, 2.75) is 49.6 Å². The Morgan fingerprint density at radius 3 is 2.09 bits per heavy atom. The van der Waals surface area contributed by atoms with E-state index in [0.29, 0.717) is 12.8 Å². The molecule has 2 fully saturated rings. The first-order valence-electron chi connectivity index (χ1n) is 11.2. The van der Waals surface area contributed by atoms with Crippen LogP contribution in [-0.4, -0.2) is 41.3 Å². The van der Waals surface area contributed by atoms with Crippen LogP contribution in [0.1, 0.15) is 49.1 Å². The fraction of sp³-hybridized carbons (Fsp3) is 0.400. The van der Waals surface area contributed by atoms with Gasteiger partial charge < -0.3 is 20.5 Å². The highest BCUT2D eigenvalue weighted by atomic mass is 16.5. The van der Waals surface area contributed by atoms with Gasteiger partial charge in [0.15, 0.2) is 0 Å². The van der Waals surface area contributed by atoms with Crippen LogP contribution >= 0.6 is 0 Å². The molecule has 0 radical (unpaired) electrons. The molecule has 3 N–H and O–H groups in total. The minimum atomic E-state index is -1.18. The zero-order valence-corrected chi connectivity index (χ0v) is 17.7. The van der Waals surface area contributed by atoms with Crippen molar-refractivity contribution >= 4 is 18.0 Å². The minimum absolute atomic E-state index is 0.0000717. The Balaban J connectivity index is 1.25. The number of nitrogens with one attached hydrogen (secondary N) is 2. The van der Waals surface area contributed by atoms with Crippen LogP contribution in [-0.2, 0) is 14.3 Å². The van der Waals surface area contributed by atoms with Crippen LogP contribution in [0.15, 0.2) is 48.5 Å². The number of ether oxygens (including phenoxy) is 1. The number of amides is 2. The van der Waals surface area contributed by atoms with Crippen molar-refractivity contribution in [3.63, 3.8) is 0 Å². The highest BCUT2D eigenvalue weighted by molar-refractivity contribution is 5.93. The Labute approximate surface area is 186 Å². The van der Waals surface area contributed by atoms with E-state index < -0.39 is 29.6 Å². The number of carbonyl (C=O) groups excluding carboxylic acids is 2. The first-order valence-corrected chi connectivity index (χ1v) is 11.2. The Hall–Kier alpha value is -3.35. The zero-order chi connectivity index (χ0) is 22.3. The van der Waals surface area contributed by atoms with Crippen LogP contribution in [0.4, 0.5) is 4.79 Å². The maximum absolute atomic E-state index is 12.8. The molecule has 32 heavy (non-hydrogen) atoms. The average Bonchev–Trinajstić information content (AvgIpc) is 3.47. The summed E-state index contributed by atoms with van der Waals surface area (Å²) < 4.78 is 5.59. The van der Waals surface area contributed by atoms with Crippen molar-refractivity contribution in [2.24, 2.45) is 5.92 Å². The van der Waals surface area contributed by atoms with Crippen molar-refractivity contribution in [3.8, 4) is 11.1 Å². The van der Waals surface area contributed by atoms with Gasteiger partial charge in [-0.2, -0.15) is 0 Å². The lowest BCUT2D eigenvalue weighted by atomic mass is 9.79. The predicted octanol–water partition coefficient (Wildman–Crippen LogP) is 3.43. The molecule has 0 spiro atoms. The van der Waals surface area contributed by atoms with E-state index in [2.05, 4.69) is 22.8 Å². The van der Waals surface area contributed by atoms with Gasteiger partial charge in [0.2, 0.25) is 5.91 Å². The van der Waals surface area contributed by atoms with E-state index in [1.54, 1.807) is 0 Å². The topological polar surface area (TPSA) is 105 Å². The van der Waals surface area contributed by atoms with Crippen molar-refractivity contribution in [3.05, 3.63) is 59.7 Å². The molecule has 3 aliphatic rings. The maximum Gasteiger partial charge on any atom is 0.407 e. The first-order chi connectivity index (χ1) is 15.5. The minimum Gasteiger partial charge on any atom is -0.480 e. The molecule has 7 nitrogen and oxygen atoms in total. The van der Waals surface area contributed by atoms with Gasteiger partial charge in [-0.05, 0) is 53.9 Å². The number of carboxylic acid groups (broad SMARTS) is 1. The summed E-state index contributed by atoms with van der Waals surface area (Å²) in [6.07, 6.45) is 2.81. The van der Waals surface area contributed by atoms with Crippen molar-refractivity contribution in [1.29, 1.82) is 0 Å². The summed E-state index contributed by atoms with van der Waals surface area (Å²) in [6, 6.07) is 15.4. The Kier molecular flexibility index (Phi) is 5.12. The molecule has 0 saturated heterocycles. The number of rotatable bonds is 7. The third kappa shape index (κ3) is 3.61. The second kappa shape index (κ2) is 7.97. The predicted molar refractivity (Wildman–Crippen MR) is 117 cm³/mol. The second-order valence-corrected chi connectivity index (χ2v) is 9.02. The molecular weight excluding hydrogens is 408 g/mol. The number of benzene rings is 2. The number of alkyl carbamates (subject to hydrolysis) is 1. The third-order valence-corrected chi connectivity index (χ3v) is 7.04. The molecule has 2 aromatic carbocycles. The normalized spacial score (nSPS) is 19.1. The summed E-state index contributed by atoms with van der Waals surface area (Å²) in [4.78, 5) is 36.9. The summed E-state index contributed by atoms with van der Waals surface area (Å²) in [5.74, 6) is -1.53. The van der Waals surface area contributed by atoms with Gasteiger partial charge in [0.25, 0.3) is 0 Å². The van der Waals surface area contributed by atoms with Gasteiger partial charge >= 0.3 is 12.1 Å². The number of carboxylic acids is 1. The first kappa shape index (κ1) is 20.5. The molecule has 7 heteroatoms. The van der Waals surface area contributed by atoms with E-state index in [1.807, 2.05) is 36.4 Å². The lowest BCUT2D eigenvalue weighted by Gasteiger charge is -2.33. The fourth-order valence-electron chi connectivity index (χ4n) is 4.77. The SMILES string of the molecule is O=C(NC(C(=O)NC1(C(=O)O)CC1)C1CCC1)OCC1c2ccccc2-c2ccccc21. The highest BCUT2D eigenvalue weighted by Gasteiger charge is 2.53. The van der Waals surface area contributed by atoms with Crippen LogP contribution in [0, 0.1) is 5.92 Å². The molecule has 166 valence electrons. The molecule has 3 aliphatic carbocycles. The zero-order valence-electron chi connectivity index (χ0n) is 17.7. The van der Waals surface area contributed by atoms with Gasteiger partial charge in [0, 0.05) is 5.92 Å². The van der Waals surface area contributed by atoms with E-state index in [-0.39, 0.29) is 18.4 Å². The van der Waals surface area contributed by atoms with Crippen molar-refractivity contribution in [2.75, 3.05) is 6.61 Å². The molecule has 1 atom stereocenters. The van der Waals surface area contributed by atoms with E-state index in [0.717, 1.165) is 41.5 Å². The Bertz CT molecular complexity index is 1030. The fourth-order valence-corrected chi connectivity index (χ4v) is 4.77. The van der Waals surface area contributed by atoms with E-state index in [9.17, 15) is 19.5 Å². The maximum atomic E-state index is 12.8. The molecule has 2 amide bonds. The Morgan fingerprint density at radius 2 is 1.59 bits per heavy atom.